The number of sulfonamides is 1. The summed E-state index contributed by atoms with van der Waals surface area (Å²) in [6.45, 7) is 0.0456. The number of benzene rings is 2. The van der Waals surface area contributed by atoms with Gasteiger partial charge in [0.25, 0.3) is 0 Å². The molecule has 14 nitrogen and oxygen atoms in total. The minimum Gasteiger partial charge on any atom is -0.480 e. The van der Waals surface area contributed by atoms with Crippen molar-refractivity contribution in [3.8, 4) is 0 Å². The molecule has 0 aliphatic carbocycles. The Hall–Kier alpha value is -4.76. The number of aromatic amines is 1. The van der Waals surface area contributed by atoms with Gasteiger partial charge in [-0.05, 0) is 30.0 Å². The molecule has 0 radical (unpaired) electrons. The zero-order valence-electron chi connectivity index (χ0n) is 21.8. The Bertz CT molecular complexity index is 1550. The van der Waals surface area contributed by atoms with Gasteiger partial charge < -0.3 is 32.2 Å². The normalized spacial score (nSPS) is 12.8. The van der Waals surface area contributed by atoms with E-state index in [4.69, 9.17) is 22.0 Å². The molecule has 0 saturated carbocycles. The maximum atomic E-state index is 13.4. The number of amidine groups is 1. The average Bonchev–Trinajstić information content (AvgIpc) is 3.31. The highest BCUT2D eigenvalue weighted by Gasteiger charge is 2.30. The molecular weight excluding hydrogens is 554 g/mol. The fourth-order valence-corrected chi connectivity index (χ4v) is 5.10. The van der Waals surface area contributed by atoms with E-state index >= 15 is 0 Å². The van der Waals surface area contributed by atoms with E-state index in [1.54, 1.807) is 54.7 Å². The SMILES string of the molecule is N=C(N)c1ccc(CNC(=O)[C@H](CCC(N)=O)NC(=O)[C@@H](Cc2c[nH]c3ccccc23)NS(=O)(=O)CC(=O)O)cc1. The minimum absolute atomic E-state index is 0.0456. The smallest absolute Gasteiger partial charge is 0.320 e. The van der Waals surface area contributed by atoms with Crippen LogP contribution in [0, 0.1) is 5.41 Å². The van der Waals surface area contributed by atoms with Crippen LogP contribution in [0.3, 0.4) is 0 Å². The summed E-state index contributed by atoms with van der Waals surface area (Å²) in [7, 11) is -4.44. The lowest BCUT2D eigenvalue weighted by atomic mass is 10.0. The van der Waals surface area contributed by atoms with Crippen LogP contribution < -0.4 is 26.8 Å². The van der Waals surface area contributed by atoms with Crippen LogP contribution in [-0.2, 0) is 42.2 Å². The average molecular weight is 586 g/mol. The Labute approximate surface area is 235 Å². The number of carboxylic acid groups (broad SMARTS) is 1. The van der Waals surface area contributed by atoms with Crippen molar-refractivity contribution < 1.29 is 32.7 Å². The van der Waals surface area contributed by atoms with Crippen molar-refractivity contribution in [2.75, 3.05) is 5.75 Å². The molecule has 1 heterocycles. The summed E-state index contributed by atoms with van der Waals surface area (Å²) in [6.07, 6.45) is 1.02. The number of carbonyl (C=O) groups is 4. The lowest BCUT2D eigenvalue weighted by Gasteiger charge is -2.23. The number of nitrogens with one attached hydrogen (secondary N) is 5. The highest BCUT2D eigenvalue weighted by atomic mass is 32.2. The summed E-state index contributed by atoms with van der Waals surface area (Å²) >= 11 is 0. The van der Waals surface area contributed by atoms with Gasteiger partial charge in [0.15, 0.2) is 5.75 Å². The first kappa shape index (κ1) is 30.8. The number of fused-ring (bicyclic) bond motifs is 1. The zero-order valence-corrected chi connectivity index (χ0v) is 22.7. The van der Waals surface area contributed by atoms with E-state index in [9.17, 15) is 27.6 Å². The number of aliphatic carboxylic acids is 1. The predicted octanol–water partition coefficient (Wildman–Crippen LogP) is -0.566. The van der Waals surface area contributed by atoms with E-state index in [1.165, 1.54) is 0 Å². The Balaban J connectivity index is 1.80. The molecule has 3 aromatic rings. The quantitative estimate of drug-likeness (QED) is 0.0845. The fourth-order valence-electron chi connectivity index (χ4n) is 4.07. The van der Waals surface area contributed by atoms with Gasteiger partial charge in [-0.3, -0.25) is 24.6 Å². The van der Waals surface area contributed by atoms with E-state index in [2.05, 4.69) is 20.3 Å². The summed E-state index contributed by atoms with van der Waals surface area (Å²) in [5, 5.41) is 22.3. The van der Waals surface area contributed by atoms with Crippen LogP contribution >= 0.6 is 0 Å². The van der Waals surface area contributed by atoms with Crippen molar-refractivity contribution in [1.82, 2.24) is 20.3 Å². The molecule has 0 aliphatic heterocycles. The molecule has 3 amide bonds. The minimum atomic E-state index is -4.44. The Morgan fingerprint density at radius 2 is 1.66 bits per heavy atom. The van der Waals surface area contributed by atoms with Gasteiger partial charge in [0.2, 0.25) is 27.7 Å². The first-order chi connectivity index (χ1) is 19.3. The standard InChI is InChI=1S/C26H31N7O7S/c27-22(34)10-9-20(25(37)31-12-15-5-7-16(8-6-15)24(28)29)32-26(38)21(33-41(39,40)14-23(35)36)11-17-13-30-19-4-2-1-3-18(17)19/h1-8,13,20-21,30,33H,9-12,14H2,(H2,27,34)(H3,28,29)(H,31,37)(H,32,38)(H,35,36)/t20-,21+/m0/s1. The number of H-pyrrole nitrogens is 1. The van der Waals surface area contributed by atoms with Crippen LogP contribution in [0.5, 0.6) is 0 Å². The fraction of sp³-hybridized carbons (Fsp3) is 0.269. The second-order valence-electron chi connectivity index (χ2n) is 9.28. The van der Waals surface area contributed by atoms with Gasteiger partial charge >= 0.3 is 5.97 Å². The van der Waals surface area contributed by atoms with Crippen molar-refractivity contribution >= 4 is 50.5 Å². The largest absolute Gasteiger partial charge is 0.480 e. The first-order valence-corrected chi connectivity index (χ1v) is 14.1. The van der Waals surface area contributed by atoms with Gasteiger partial charge in [-0.15, -0.1) is 0 Å². The number of amides is 3. The predicted molar refractivity (Wildman–Crippen MR) is 150 cm³/mol. The van der Waals surface area contributed by atoms with Crippen molar-refractivity contribution in [1.29, 1.82) is 5.41 Å². The van der Waals surface area contributed by atoms with Gasteiger partial charge in [0, 0.05) is 35.6 Å². The third-order valence-electron chi connectivity index (χ3n) is 6.09. The van der Waals surface area contributed by atoms with Gasteiger partial charge in [-0.2, -0.15) is 0 Å². The number of primary amides is 1. The number of para-hydroxylation sites is 1. The number of aromatic nitrogens is 1. The summed E-state index contributed by atoms with van der Waals surface area (Å²) in [6, 6.07) is 10.9. The Morgan fingerprint density at radius 1 is 0.976 bits per heavy atom. The molecule has 15 heteroatoms. The van der Waals surface area contributed by atoms with Gasteiger partial charge in [-0.25, -0.2) is 13.1 Å². The van der Waals surface area contributed by atoms with E-state index < -0.39 is 51.6 Å². The lowest BCUT2D eigenvalue weighted by Crippen LogP contribution is -2.55. The molecule has 0 spiro atoms. The molecule has 41 heavy (non-hydrogen) atoms. The Morgan fingerprint density at radius 3 is 2.29 bits per heavy atom. The maximum Gasteiger partial charge on any atom is 0.320 e. The van der Waals surface area contributed by atoms with Crippen LogP contribution in [0.2, 0.25) is 0 Å². The second-order valence-corrected chi connectivity index (χ2v) is 11.0. The maximum absolute atomic E-state index is 13.4. The summed E-state index contributed by atoms with van der Waals surface area (Å²) in [5.74, 6) is -5.27. The van der Waals surface area contributed by atoms with Crippen LogP contribution in [0.1, 0.15) is 29.5 Å². The molecule has 1 aromatic heterocycles. The molecule has 3 rings (SSSR count). The number of nitrogen functional groups attached to an aromatic ring is 1. The summed E-state index contributed by atoms with van der Waals surface area (Å²) < 4.78 is 27.1. The topological polar surface area (TPSA) is 250 Å². The number of carbonyl (C=O) groups excluding carboxylic acids is 3. The molecule has 2 aromatic carbocycles. The number of rotatable bonds is 15. The molecule has 10 N–H and O–H groups in total. The van der Waals surface area contributed by atoms with Crippen molar-refractivity contribution in [2.24, 2.45) is 11.5 Å². The first-order valence-electron chi connectivity index (χ1n) is 12.4. The molecule has 2 atom stereocenters. The highest BCUT2D eigenvalue weighted by Crippen LogP contribution is 2.19. The van der Waals surface area contributed by atoms with Gasteiger partial charge in [0.1, 0.15) is 17.9 Å². The van der Waals surface area contributed by atoms with E-state index in [0.29, 0.717) is 16.7 Å². The van der Waals surface area contributed by atoms with E-state index in [0.717, 1.165) is 10.9 Å². The Kier molecular flexibility index (Phi) is 10.2. The second kappa shape index (κ2) is 13.5. The van der Waals surface area contributed by atoms with E-state index in [-0.39, 0.29) is 31.6 Å². The number of nitrogens with two attached hydrogens (primary N) is 2. The van der Waals surface area contributed by atoms with Crippen LogP contribution in [0.25, 0.3) is 10.9 Å². The summed E-state index contributed by atoms with van der Waals surface area (Å²) in [5.41, 5.74) is 13.2. The van der Waals surface area contributed by atoms with Crippen LogP contribution in [-0.4, -0.2) is 65.9 Å². The van der Waals surface area contributed by atoms with Crippen molar-refractivity contribution in [3.05, 3.63) is 71.4 Å². The lowest BCUT2D eigenvalue weighted by molar-refractivity contribution is -0.134. The third-order valence-corrected chi connectivity index (χ3v) is 7.37. The van der Waals surface area contributed by atoms with Crippen molar-refractivity contribution in [2.45, 2.75) is 37.9 Å². The third kappa shape index (κ3) is 9.15. The molecule has 0 aliphatic rings. The van der Waals surface area contributed by atoms with Crippen molar-refractivity contribution in [3.63, 3.8) is 0 Å². The highest BCUT2D eigenvalue weighted by molar-refractivity contribution is 7.90. The van der Waals surface area contributed by atoms with Crippen LogP contribution in [0.15, 0.2) is 54.7 Å². The molecular formula is C26H31N7O7S. The number of carboxylic acids is 1. The van der Waals surface area contributed by atoms with Gasteiger partial charge in [-0.1, -0.05) is 42.5 Å². The van der Waals surface area contributed by atoms with Crippen LogP contribution in [0.4, 0.5) is 0 Å². The number of hydrogen-bond donors (Lipinski definition) is 8. The van der Waals surface area contributed by atoms with Gasteiger partial charge in [0.05, 0.1) is 0 Å². The molecule has 0 fully saturated rings. The zero-order chi connectivity index (χ0) is 30.2. The molecule has 0 saturated heterocycles. The molecule has 0 bridgehead atoms. The molecule has 218 valence electrons. The summed E-state index contributed by atoms with van der Waals surface area (Å²) in [4.78, 5) is 52.0. The monoisotopic (exact) mass is 585 g/mol. The van der Waals surface area contributed by atoms with E-state index in [1.807, 2.05) is 0 Å². The molecule has 0 unspecified atom stereocenters. The number of hydrogen-bond acceptors (Lipinski definition) is 7.